The van der Waals surface area contributed by atoms with Gasteiger partial charge >= 0.3 is 11.7 Å². The summed E-state index contributed by atoms with van der Waals surface area (Å²) >= 11 is 0. The first-order valence-electron chi connectivity index (χ1n) is 8.22. The number of anilines is 2. The third kappa shape index (κ3) is 5.92. The number of H-pyrrole nitrogens is 1. The number of methoxy groups -OCH3 is 1. The van der Waals surface area contributed by atoms with Crippen LogP contribution in [0.2, 0.25) is 0 Å². The van der Waals surface area contributed by atoms with Gasteiger partial charge in [0.25, 0.3) is 5.56 Å². The number of nitrogens with one attached hydrogen (secondary N) is 3. The molecule has 146 valence electrons. The Morgan fingerprint density at radius 3 is 2.65 bits per heavy atom. The molecule has 26 heavy (non-hydrogen) atoms. The molecule has 0 aromatic carbocycles. The number of nitrogen functional groups attached to an aromatic ring is 1. The minimum Gasteiger partial charge on any atom is -0.383 e. The van der Waals surface area contributed by atoms with Gasteiger partial charge in [0.15, 0.2) is 0 Å². The molecule has 0 saturated heterocycles. The highest BCUT2D eigenvalue weighted by atomic mass is 16.5. The Labute approximate surface area is 150 Å². The van der Waals surface area contributed by atoms with E-state index >= 15 is 0 Å². The van der Waals surface area contributed by atoms with Crippen molar-refractivity contribution in [2.75, 3.05) is 44.5 Å². The Hall–Kier alpha value is -2.82. The summed E-state index contributed by atoms with van der Waals surface area (Å²) in [5.74, 6) is -0.653. The van der Waals surface area contributed by atoms with Crippen molar-refractivity contribution in [3.05, 3.63) is 20.8 Å². The number of likely N-dealkylation sites (N-methyl/N-ethyl adjacent to an activating group) is 1. The van der Waals surface area contributed by atoms with Gasteiger partial charge in [-0.1, -0.05) is 13.3 Å². The number of ether oxygens (including phenoxy) is 1. The van der Waals surface area contributed by atoms with Crippen LogP contribution in [0.5, 0.6) is 0 Å². The number of aromatic amines is 1. The van der Waals surface area contributed by atoms with Gasteiger partial charge in [-0.15, -0.1) is 0 Å². The molecular formula is C15H26N6O5. The monoisotopic (exact) mass is 370 g/mol. The third-order valence-electron chi connectivity index (χ3n) is 3.56. The van der Waals surface area contributed by atoms with Crippen LogP contribution in [-0.4, -0.2) is 55.3 Å². The standard InChI is InChI=1S/C15H26N6O5/c1-4-5-7-21-12(16)11(13(23)19-15(21)25)20(2)9-10(22)18-14(24)17-6-8-26-3/h4-9,16H2,1-3H3,(H,19,23,25)(H2,17,18,22,24). The first kappa shape index (κ1) is 21.2. The van der Waals surface area contributed by atoms with Gasteiger partial charge in [0.1, 0.15) is 11.5 Å². The van der Waals surface area contributed by atoms with Crippen LogP contribution in [0.4, 0.5) is 16.3 Å². The number of amides is 3. The Kier molecular flexibility index (Phi) is 8.35. The minimum atomic E-state index is -0.694. The number of carbonyl (C=O) groups is 2. The lowest BCUT2D eigenvalue weighted by atomic mass is 10.3. The minimum absolute atomic E-state index is 0.00403. The van der Waals surface area contributed by atoms with Crippen LogP contribution in [0.1, 0.15) is 19.8 Å². The van der Waals surface area contributed by atoms with E-state index in [-0.39, 0.29) is 24.6 Å². The highest BCUT2D eigenvalue weighted by Crippen LogP contribution is 2.14. The second-order valence-electron chi connectivity index (χ2n) is 5.65. The van der Waals surface area contributed by atoms with Crippen LogP contribution in [-0.2, 0) is 16.1 Å². The van der Waals surface area contributed by atoms with Crippen LogP contribution < -0.4 is 32.5 Å². The van der Waals surface area contributed by atoms with E-state index in [9.17, 15) is 19.2 Å². The number of nitrogens with zero attached hydrogens (tertiary/aromatic N) is 2. The number of carbonyl (C=O) groups excluding carboxylic acids is 2. The van der Waals surface area contributed by atoms with Gasteiger partial charge in [0, 0.05) is 27.2 Å². The molecule has 1 aromatic heterocycles. The predicted molar refractivity (Wildman–Crippen MR) is 97.3 cm³/mol. The van der Waals surface area contributed by atoms with Gasteiger partial charge < -0.3 is 20.7 Å². The van der Waals surface area contributed by atoms with Gasteiger partial charge in [0.05, 0.1) is 13.2 Å². The number of unbranched alkanes of at least 4 members (excludes halogenated alkanes) is 1. The van der Waals surface area contributed by atoms with Crippen molar-refractivity contribution in [1.82, 2.24) is 20.2 Å². The molecule has 0 fully saturated rings. The fourth-order valence-electron chi connectivity index (χ4n) is 2.26. The van der Waals surface area contributed by atoms with Gasteiger partial charge in [-0.2, -0.15) is 0 Å². The molecule has 0 aliphatic rings. The Morgan fingerprint density at radius 2 is 2.04 bits per heavy atom. The molecule has 0 aliphatic heterocycles. The Bertz CT molecular complexity index is 741. The van der Waals surface area contributed by atoms with Crippen molar-refractivity contribution in [1.29, 1.82) is 0 Å². The number of urea groups is 1. The van der Waals surface area contributed by atoms with E-state index in [0.29, 0.717) is 19.6 Å². The SMILES string of the molecule is CCCCn1c(N)c(N(C)CC(=O)NC(=O)NCCOC)c(=O)[nH]c1=O. The lowest BCUT2D eigenvalue weighted by molar-refractivity contribution is -0.118. The number of hydrogen-bond donors (Lipinski definition) is 4. The summed E-state index contributed by atoms with van der Waals surface area (Å²) in [4.78, 5) is 51.0. The second-order valence-corrected chi connectivity index (χ2v) is 5.65. The average molecular weight is 370 g/mol. The fraction of sp³-hybridized carbons (Fsp3) is 0.600. The maximum absolute atomic E-state index is 12.1. The summed E-state index contributed by atoms with van der Waals surface area (Å²) in [5, 5.41) is 4.57. The van der Waals surface area contributed by atoms with Gasteiger partial charge in [-0.05, 0) is 6.42 Å². The summed E-state index contributed by atoms with van der Waals surface area (Å²) in [6.45, 7) is 2.58. The molecule has 0 unspecified atom stereocenters. The number of imide groups is 1. The highest BCUT2D eigenvalue weighted by molar-refractivity contribution is 5.96. The normalized spacial score (nSPS) is 10.4. The molecule has 0 aliphatic carbocycles. The summed E-state index contributed by atoms with van der Waals surface area (Å²) in [6, 6.07) is -0.671. The van der Waals surface area contributed by atoms with Gasteiger partial charge in [-0.3, -0.25) is 24.5 Å². The number of aromatic nitrogens is 2. The Morgan fingerprint density at radius 1 is 1.35 bits per heavy atom. The lowest BCUT2D eigenvalue weighted by Crippen LogP contribution is -2.46. The number of hydrogen-bond acceptors (Lipinski definition) is 7. The third-order valence-corrected chi connectivity index (χ3v) is 3.56. The van der Waals surface area contributed by atoms with Crippen LogP contribution >= 0.6 is 0 Å². The van der Waals surface area contributed by atoms with Crippen molar-refractivity contribution in [3.63, 3.8) is 0 Å². The molecule has 1 aromatic rings. The van der Waals surface area contributed by atoms with Crippen molar-refractivity contribution >= 4 is 23.4 Å². The molecule has 0 spiro atoms. The number of rotatable bonds is 9. The average Bonchev–Trinajstić information content (AvgIpc) is 2.54. The molecule has 0 radical (unpaired) electrons. The first-order chi connectivity index (χ1) is 12.3. The summed E-state index contributed by atoms with van der Waals surface area (Å²) in [5.41, 5.74) is 4.67. The predicted octanol–water partition coefficient (Wildman–Crippen LogP) is -1.17. The first-order valence-corrected chi connectivity index (χ1v) is 8.22. The maximum atomic E-state index is 12.1. The fourth-order valence-corrected chi connectivity index (χ4v) is 2.26. The molecule has 11 heteroatoms. The molecule has 0 bridgehead atoms. The maximum Gasteiger partial charge on any atom is 0.330 e. The van der Waals surface area contributed by atoms with Crippen LogP contribution in [0.25, 0.3) is 0 Å². The van der Waals surface area contributed by atoms with E-state index in [1.807, 2.05) is 6.92 Å². The smallest absolute Gasteiger partial charge is 0.330 e. The Balaban J connectivity index is 2.85. The molecule has 3 amide bonds. The van der Waals surface area contributed by atoms with E-state index in [0.717, 1.165) is 6.42 Å². The lowest BCUT2D eigenvalue weighted by Gasteiger charge is -2.21. The van der Waals surface area contributed by atoms with E-state index in [4.69, 9.17) is 10.5 Å². The largest absolute Gasteiger partial charge is 0.383 e. The molecule has 5 N–H and O–H groups in total. The zero-order valence-corrected chi connectivity index (χ0v) is 15.3. The van der Waals surface area contributed by atoms with Gasteiger partial charge in [-0.25, -0.2) is 9.59 Å². The second kappa shape index (κ2) is 10.2. The number of nitrogens with two attached hydrogens (primary N) is 1. The highest BCUT2D eigenvalue weighted by Gasteiger charge is 2.18. The van der Waals surface area contributed by atoms with Gasteiger partial charge in [0.2, 0.25) is 5.91 Å². The summed E-state index contributed by atoms with van der Waals surface area (Å²) < 4.78 is 6.04. The van der Waals surface area contributed by atoms with Crippen LogP contribution in [0.3, 0.4) is 0 Å². The zero-order valence-electron chi connectivity index (χ0n) is 15.3. The van der Waals surface area contributed by atoms with Crippen molar-refractivity contribution in [3.8, 4) is 0 Å². The molecule has 0 saturated carbocycles. The van der Waals surface area contributed by atoms with Crippen LogP contribution in [0.15, 0.2) is 9.59 Å². The molecule has 11 nitrogen and oxygen atoms in total. The van der Waals surface area contributed by atoms with Crippen LogP contribution in [0, 0.1) is 0 Å². The molecule has 0 atom stereocenters. The molecule has 1 rings (SSSR count). The summed E-state index contributed by atoms with van der Waals surface area (Å²) in [6.07, 6.45) is 1.55. The summed E-state index contributed by atoms with van der Waals surface area (Å²) in [7, 11) is 2.96. The van der Waals surface area contributed by atoms with E-state index in [1.54, 1.807) is 0 Å². The van der Waals surface area contributed by atoms with E-state index in [2.05, 4.69) is 15.6 Å². The topological polar surface area (TPSA) is 152 Å². The van der Waals surface area contributed by atoms with Crippen molar-refractivity contribution in [2.24, 2.45) is 0 Å². The zero-order chi connectivity index (χ0) is 19.7. The molecular weight excluding hydrogens is 344 g/mol. The molecule has 1 heterocycles. The van der Waals surface area contributed by atoms with Crippen molar-refractivity contribution < 1.29 is 14.3 Å². The van der Waals surface area contributed by atoms with Crippen molar-refractivity contribution in [2.45, 2.75) is 26.3 Å². The quantitative estimate of drug-likeness (QED) is 0.400. The van der Waals surface area contributed by atoms with E-state index < -0.39 is 23.2 Å². The van der Waals surface area contributed by atoms with E-state index in [1.165, 1.54) is 23.6 Å².